The van der Waals surface area contributed by atoms with Crippen LogP contribution in [0.15, 0.2) is 18.2 Å². The van der Waals surface area contributed by atoms with Gasteiger partial charge in [0.25, 0.3) is 5.91 Å². The Balaban J connectivity index is 1.34. The fourth-order valence-corrected chi connectivity index (χ4v) is 4.15. The highest BCUT2D eigenvalue weighted by molar-refractivity contribution is 5.99. The minimum absolute atomic E-state index is 0.0303. The van der Waals surface area contributed by atoms with Gasteiger partial charge < -0.3 is 19.9 Å². The van der Waals surface area contributed by atoms with Crippen molar-refractivity contribution >= 4 is 17.7 Å². The molecule has 6 heteroatoms. The van der Waals surface area contributed by atoms with E-state index < -0.39 is 5.60 Å². The van der Waals surface area contributed by atoms with Gasteiger partial charge in [-0.05, 0) is 51.3 Å². The Morgan fingerprint density at radius 1 is 1.19 bits per heavy atom. The van der Waals surface area contributed by atoms with Crippen LogP contribution in [0.2, 0.25) is 0 Å². The summed E-state index contributed by atoms with van der Waals surface area (Å²) in [6, 6.07) is 6.18. The molecule has 3 aliphatic heterocycles. The summed E-state index contributed by atoms with van der Waals surface area (Å²) in [6.07, 6.45) is 1.82. The largest absolute Gasteiger partial charge is 0.444 e. The van der Waals surface area contributed by atoms with Gasteiger partial charge in [0.1, 0.15) is 5.60 Å². The fraction of sp³-hybridized carbons (Fsp3) is 0.600. The van der Waals surface area contributed by atoms with E-state index in [1.54, 1.807) is 0 Å². The van der Waals surface area contributed by atoms with E-state index in [1.807, 2.05) is 31.7 Å². The van der Waals surface area contributed by atoms with Crippen molar-refractivity contribution in [3.05, 3.63) is 29.3 Å². The molecular weight excluding hydrogens is 330 g/mol. The zero-order valence-electron chi connectivity index (χ0n) is 15.8. The lowest BCUT2D eigenvalue weighted by atomic mass is 9.72. The number of rotatable bonds is 1. The van der Waals surface area contributed by atoms with E-state index in [9.17, 15) is 9.59 Å². The molecule has 0 aromatic heterocycles. The van der Waals surface area contributed by atoms with Gasteiger partial charge in [0.05, 0.1) is 0 Å². The van der Waals surface area contributed by atoms with Crippen molar-refractivity contribution in [2.24, 2.45) is 5.41 Å². The van der Waals surface area contributed by atoms with Crippen LogP contribution < -0.4 is 10.2 Å². The average Bonchev–Trinajstić information content (AvgIpc) is 2.92. The van der Waals surface area contributed by atoms with Crippen LogP contribution in [0.5, 0.6) is 0 Å². The van der Waals surface area contributed by atoms with Crippen LogP contribution >= 0.6 is 0 Å². The predicted octanol–water partition coefficient (Wildman–Crippen LogP) is 2.77. The third kappa shape index (κ3) is 3.13. The predicted molar refractivity (Wildman–Crippen MR) is 99.3 cm³/mol. The number of hydrogen-bond donors (Lipinski definition) is 1. The van der Waals surface area contributed by atoms with Gasteiger partial charge in [-0.3, -0.25) is 4.79 Å². The highest BCUT2D eigenvalue weighted by Crippen LogP contribution is 2.43. The molecule has 6 nitrogen and oxygen atoms in total. The molecule has 0 radical (unpaired) electrons. The lowest BCUT2D eigenvalue weighted by molar-refractivity contribution is 0.00598. The molecule has 0 bridgehead atoms. The van der Waals surface area contributed by atoms with Crippen LogP contribution in [0.25, 0.3) is 0 Å². The molecule has 4 rings (SSSR count). The van der Waals surface area contributed by atoms with Crippen LogP contribution in [-0.4, -0.2) is 48.7 Å². The molecule has 26 heavy (non-hydrogen) atoms. The number of piperidine rings is 1. The lowest BCUT2D eigenvalue weighted by Crippen LogP contribution is -2.61. The highest BCUT2D eigenvalue weighted by Gasteiger charge is 2.46. The second-order valence-electron chi connectivity index (χ2n) is 8.85. The van der Waals surface area contributed by atoms with Gasteiger partial charge in [-0.2, -0.15) is 0 Å². The number of ether oxygens (including phenoxy) is 1. The Bertz CT molecular complexity index is 737. The van der Waals surface area contributed by atoms with Gasteiger partial charge in [-0.25, -0.2) is 4.79 Å². The Kier molecular flexibility index (Phi) is 3.90. The first-order valence-electron chi connectivity index (χ1n) is 9.39. The normalized spacial score (nSPS) is 21.3. The maximum Gasteiger partial charge on any atom is 0.410 e. The summed E-state index contributed by atoms with van der Waals surface area (Å²) >= 11 is 0. The van der Waals surface area contributed by atoms with Gasteiger partial charge in [0.2, 0.25) is 0 Å². The first-order chi connectivity index (χ1) is 12.2. The SMILES string of the molecule is CC(C)(C)OC(=O)N1CCC2(CC1)CN(c1ccc3c(c1)C(=O)NC3)C2. The maximum absolute atomic E-state index is 12.2. The van der Waals surface area contributed by atoms with Crippen LogP contribution in [0.3, 0.4) is 0 Å². The monoisotopic (exact) mass is 357 g/mol. The third-order valence-electron chi connectivity index (χ3n) is 5.67. The molecule has 3 aliphatic rings. The number of fused-ring (bicyclic) bond motifs is 1. The van der Waals surface area contributed by atoms with Gasteiger partial charge >= 0.3 is 6.09 Å². The van der Waals surface area contributed by atoms with E-state index in [0.717, 1.165) is 55.8 Å². The van der Waals surface area contributed by atoms with E-state index in [-0.39, 0.29) is 12.0 Å². The lowest BCUT2D eigenvalue weighted by Gasteiger charge is -2.55. The van der Waals surface area contributed by atoms with Crippen LogP contribution in [-0.2, 0) is 11.3 Å². The second kappa shape index (κ2) is 5.89. The number of nitrogens with zero attached hydrogens (tertiary/aromatic N) is 2. The van der Waals surface area contributed by atoms with E-state index in [4.69, 9.17) is 4.74 Å². The van der Waals surface area contributed by atoms with Crippen molar-refractivity contribution in [1.82, 2.24) is 10.2 Å². The number of amides is 2. The molecule has 0 unspecified atom stereocenters. The number of nitrogens with one attached hydrogen (secondary N) is 1. The Morgan fingerprint density at radius 3 is 2.54 bits per heavy atom. The molecule has 0 atom stereocenters. The van der Waals surface area contributed by atoms with Crippen molar-refractivity contribution in [2.75, 3.05) is 31.1 Å². The zero-order valence-corrected chi connectivity index (χ0v) is 15.8. The standard InChI is InChI=1S/C20H27N3O3/c1-19(2,3)26-18(25)22-8-6-20(7-9-22)12-23(13-20)15-5-4-14-11-21-17(24)16(14)10-15/h4-5,10H,6-9,11-13H2,1-3H3,(H,21,24). The molecular formula is C20H27N3O3. The Labute approximate surface area is 154 Å². The van der Waals surface area contributed by atoms with E-state index in [1.165, 1.54) is 0 Å². The second-order valence-corrected chi connectivity index (χ2v) is 8.85. The molecule has 1 spiro atoms. The number of anilines is 1. The van der Waals surface area contributed by atoms with Crippen LogP contribution in [0, 0.1) is 5.41 Å². The summed E-state index contributed by atoms with van der Waals surface area (Å²) in [5, 5.41) is 2.87. The zero-order chi connectivity index (χ0) is 18.5. The first kappa shape index (κ1) is 17.2. The number of carbonyl (C=O) groups excluding carboxylic acids is 2. The topological polar surface area (TPSA) is 61.9 Å². The molecule has 1 aromatic rings. The smallest absolute Gasteiger partial charge is 0.410 e. The molecule has 2 amide bonds. The van der Waals surface area contributed by atoms with Crippen molar-refractivity contribution in [1.29, 1.82) is 0 Å². The number of benzene rings is 1. The molecule has 2 saturated heterocycles. The summed E-state index contributed by atoms with van der Waals surface area (Å²) in [4.78, 5) is 28.2. The molecule has 2 fully saturated rings. The number of likely N-dealkylation sites (tertiary alicyclic amines) is 1. The van der Waals surface area contributed by atoms with E-state index in [0.29, 0.717) is 12.0 Å². The maximum atomic E-state index is 12.2. The quantitative estimate of drug-likeness (QED) is 0.839. The van der Waals surface area contributed by atoms with Gasteiger partial charge in [0.15, 0.2) is 0 Å². The molecule has 140 valence electrons. The molecule has 0 aliphatic carbocycles. The van der Waals surface area contributed by atoms with Crippen LogP contribution in [0.4, 0.5) is 10.5 Å². The summed E-state index contributed by atoms with van der Waals surface area (Å²) in [5.74, 6) is 0.0303. The summed E-state index contributed by atoms with van der Waals surface area (Å²) < 4.78 is 5.48. The van der Waals surface area contributed by atoms with Crippen molar-refractivity contribution in [3.8, 4) is 0 Å². The van der Waals surface area contributed by atoms with Crippen molar-refractivity contribution in [3.63, 3.8) is 0 Å². The average molecular weight is 357 g/mol. The van der Waals surface area contributed by atoms with E-state index in [2.05, 4.69) is 22.3 Å². The molecule has 1 aromatic carbocycles. The summed E-state index contributed by atoms with van der Waals surface area (Å²) in [5.41, 5.74) is 2.86. The Morgan fingerprint density at radius 2 is 1.88 bits per heavy atom. The minimum atomic E-state index is -0.445. The minimum Gasteiger partial charge on any atom is -0.444 e. The third-order valence-corrected chi connectivity index (χ3v) is 5.67. The molecule has 3 heterocycles. The van der Waals surface area contributed by atoms with Gasteiger partial charge in [-0.1, -0.05) is 6.07 Å². The van der Waals surface area contributed by atoms with Crippen molar-refractivity contribution < 1.29 is 14.3 Å². The van der Waals surface area contributed by atoms with Gasteiger partial charge in [0, 0.05) is 49.4 Å². The van der Waals surface area contributed by atoms with Crippen LogP contribution in [0.1, 0.15) is 49.5 Å². The summed E-state index contributed by atoms with van der Waals surface area (Å²) in [6.45, 7) is 9.85. The Hall–Kier alpha value is -2.24. The first-order valence-corrected chi connectivity index (χ1v) is 9.39. The molecule has 1 N–H and O–H groups in total. The summed E-state index contributed by atoms with van der Waals surface area (Å²) in [7, 11) is 0. The van der Waals surface area contributed by atoms with Gasteiger partial charge in [-0.15, -0.1) is 0 Å². The number of carbonyl (C=O) groups is 2. The van der Waals surface area contributed by atoms with E-state index >= 15 is 0 Å². The highest BCUT2D eigenvalue weighted by atomic mass is 16.6. The fourth-order valence-electron chi connectivity index (χ4n) is 4.15. The number of hydrogen-bond acceptors (Lipinski definition) is 4. The molecule has 0 saturated carbocycles. The van der Waals surface area contributed by atoms with Crippen molar-refractivity contribution in [2.45, 2.75) is 45.8 Å².